The Morgan fingerprint density at radius 2 is 2.04 bits per heavy atom. The van der Waals surface area contributed by atoms with Gasteiger partial charge >= 0.3 is 0 Å². The zero-order chi connectivity index (χ0) is 17.5. The van der Waals surface area contributed by atoms with Crippen molar-refractivity contribution in [3.05, 3.63) is 58.0 Å². The van der Waals surface area contributed by atoms with Crippen LogP contribution in [-0.4, -0.2) is 30.4 Å². The predicted molar refractivity (Wildman–Crippen MR) is 113 cm³/mol. The van der Waals surface area contributed by atoms with Gasteiger partial charge in [0.2, 0.25) is 0 Å². The number of furan rings is 1. The molecule has 136 valence electrons. The Labute approximate surface area is 173 Å². The quantitative estimate of drug-likeness (QED) is 0.347. The van der Waals surface area contributed by atoms with Crippen LogP contribution >= 0.6 is 39.9 Å². The zero-order valence-corrected chi connectivity index (χ0v) is 18.1. The molecular weight excluding hydrogens is 499 g/mol. The Kier molecular flexibility index (Phi) is 8.98. The summed E-state index contributed by atoms with van der Waals surface area (Å²) in [5.74, 6) is 0.911. The van der Waals surface area contributed by atoms with E-state index in [0.29, 0.717) is 18.8 Å². The molecular formula is C17H22BrIN4O2. The monoisotopic (exact) mass is 520 g/mol. The fourth-order valence-electron chi connectivity index (χ4n) is 2.17. The Morgan fingerprint density at radius 3 is 2.64 bits per heavy atom. The molecule has 1 heterocycles. The first-order valence-electron chi connectivity index (χ1n) is 7.62. The second-order valence-corrected chi connectivity index (χ2v) is 6.10. The minimum atomic E-state index is -0.580. The average molecular weight is 521 g/mol. The van der Waals surface area contributed by atoms with Crippen LogP contribution in [0.4, 0.5) is 0 Å². The van der Waals surface area contributed by atoms with E-state index in [4.69, 9.17) is 10.2 Å². The largest absolute Gasteiger partial charge is 0.454 e. The van der Waals surface area contributed by atoms with E-state index in [1.807, 2.05) is 37.1 Å². The van der Waals surface area contributed by atoms with Crippen LogP contribution in [0.5, 0.6) is 0 Å². The molecule has 8 heteroatoms. The number of benzene rings is 1. The number of nitrogens with one attached hydrogen (secondary N) is 1. The average Bonchev–Trinajstić information content (AvgIpc) is 3.02. The smallest absolute Gasteiger partial charge is 0.284 e. The summed E-state index contributed by atoms with van der Waals surface area (Å²) in [6.45, 7) is 3.80. The van der Waals surface area contributed by atoms with Gasteiger partial charge in [0, 0.05) is 24.6 Å². The molecule has 0 aliphatic carbocycles. The van der Waals surface area contributed by atoms with Crippen molar-refractivity contribution in [2.24, 2.45) is 10.7 Å². The third-order valence-electron chi connectivity index (χ3n) is 3.35. The number of rotatable bonds is 6. The molecule has 0 saturated heterocycles. The van der Waals surface area contributed by atoms with Gasteiger partial charge in [-0.15, -0.1) is 24.0 Å². The van der Waals surface area contributed by atoms with Crippen molar-refractivity contribution >= 4 is 51.8 Å². The number of hydrogen-bond acceptors (Lipinski definition) is 3. The Balaban J connectivity index is 0.00000312. The van der Waals surface area contributed by atoms with Crippen LogP contribution in [0.1, 0.15) is 28.8 Å². The second-order valence-electron chi connectivity index (χ2n) is 5.25. The molecule has 0 spiro atoms. The van der Waals surface area contributed by atoms with Crippen LogP contribution in [0.25, 0.3) is 0 Å². The SMILES string of the molecule is CCNC(=NCc1ccc(C(N)=O)o1)N(C)Cc1ccccc1Br.I. The summed E-state index contributed by atoms with van der Waals surface area (Å²) in [5.41, 5.74) is 6.35. The van der Waals surface area contributed by atoms with Crippen LogP contribution in [-0.2, 0) is 13.1 Å². The van der Waals surface area contributed by atoms with Crippen molar-refractivity contribution in [2.75, 3.05) is 13.6 Å². The molecule has 1 amide bonds. The molecule has 6 nitrogen and oxygen atoms in total. The molecule has 2 aromatic rings. The third kappa shape index (κ3) is 6.35. The Morgan fingerprint density at radius 1 is 1.32 bits per heavy atom. The molecule has 0 saturated carbocycles. The van der Waals surface area contributed by atoms with Gasteiger partial charge in [-0.2, -0.15) is 0 Å². The molecule has 1 aromatic heterocycles. The summed E-state index contributed by atoms with van der Waals surface area (Å²) < 4.78 is 6.42. The van der Waals surface area contributed by atoms with E-state index in [0.717, 1.165) is 17.0 Å². The topological polar surface area (TPSA) is 83.9 Å². The standard InChI is InChI=1S/C17H21BrN4O2.HI/c1-3-20-17(21-10-13-8-9-15(24-13)16(19)23)22(2)11-12-6-4-5-7-14(12)18;/h4-9H,3,10-11H2,1-2H3,(H2,19,23)(H,20,21);1H. The summed E-state index contributed by atoms with van der Waals surface area (Å²) in [5, 5.41) is 3.25. The maximum absolute atomic E-state index is 11.1. The van der Waals surface area contributed by atoms with Gasteiger partial charge in [-0.05, 0) is 30.7 Å². The molecule has 25 heavy (non-hydrogen) atoms. The molecule has 0 bridgehead atoms. The van der Waals surface area contributed by atoms with Gasteiger partial charge in [0.25, 0.3) is 5.91 Å². The highest BCUT2D eigenvalue weighted by molar-refractivity contribution is 14.0. The van der Waals surface area contributed by atoms with E-state index < -0.39 is 5.91 Å². The maximum Gasteiger partial charge on any atom is 0.284 e. The molecule has 0 aliphatic rings. The number of hydrogen-bond donors (Lipinski definition) is 2. The summed E-state index contributed by atoms with van der Waals surface area (Å²) in [6.07, 6.45) is 0. The summed E-state index contributed by atoms with van der Waals surface area (Å²) in [7, 11) is 1.97. The molecule has 1 aromatic carbocycles. The van der Waals surface area contributed by atoms with Gasteiger partial charge in [-0.1, -0.05) is 34.1 Å². The minimum Gasteiger partial charge on any atom is -0.454 e. The normalized spacial score (nSPS) is 10.9. The molecule has 0 fully saturated rings. The van der Waals surface area contributed by atoms with Gasteiger partial charge in [0.1, 0.15) is 12.3 Å². The molecule has 0 atom stereocenters. The maximum atomic E-state index is 11.1. The number of halogens is 2. The zero-order valence-electron chi connectivity index (χ0n) is 14.2. The number of amides is 1. The van der Waals surface area contributed by atoms with Gasteiger partial charge in [-0.25, -0.2) is 4.99 Å². The Hall–Kier alpha value is -1.55. The minimum absolute atomic E-state index is 0. The number of primary amides is 1. The fourth-order valence-corrected chi connectivity index (χ4v) is 2.58. The van der Waals surface area contributed by atoms with Gasteiger partial charge in [0.05, 0.1) is 0 Å². The van der Waals surface area contributed by atoms with Crippen LogP contribution in [0.3, 0.4) is 0 Å². The van der Waals surface area contributed by atoms with Crippen molar-refractivity contribution in [2.45, 2.75) is 20.0 Å². The Bertz CT molecular complexity index is 733. The molecule has 2 rings (SSSR count). The van der Waals surface area contributed by atoms with Crippen molar-refractivity contribution in [3.8, 4) is 0 Å². The molecule has 0 unspecified atom stereocenters. The van der Waals surface area contributed by atoms with Gasteiger partial charge in [0.15, 0.2) is 11.7 Å². The van der Waals surface area contributed by atoms with E-state index in [1.54, 1.807) is 12.1 Å². The number of carbonyl (C=O) groups is 1. The van der Waals surface area contributed by atoms with Crippen LogP contribution < -0.4 is 11.1 Å². The lowest BCUT2D eigenvalue weighted by Gasteiger charge is -2.22. The number of nitrogens with two attached hydrogens (primary N) is 1. The predicted octanol–water partition coefficient (Wildman–Crippen LogP) is 3.36. The van der Waals surface area contributed by atoms with Crippen molar-refractivity contribution in [1.82, 2.24) is 10.2 Å². The lowest BCUT2D eigenvalue weighted by molar-refractivity contribution is 0.0972. The lowest BCUT2D eigenvalue weighted by atomic mass is 10.2. The van der Waals surface area contributed by atoms with Gasteiger partial charge in [-0.3, -0.25) is 4.79 Å². The van der Waals surface area contributed by atoms with Crippen LogP contribution in [0.15, 0.2) is 50.3 Å². The molecule has 3 N–H and O–H groups in total. The van der Waals surface area contributed by atoms with E-state index in [9.17, 15) is 4.79 Å². The van der Waals surface area contributed by atoms with Gasteiger partial charge < -0.3 is 20.4 Å². The van der Waals surface area contributed by atoms with Crippen LogP contribution in [0.2, 0.25) is 0 Å². The summed E-state index contributed by atoms with van der Waals surface area (Å²) >= 11 is 3.56. The number of aliphatic imine (C=N–C) groups is 1. The summed E-state index contributed by atoms with van der Waals surface area (Å²) in [4.78, 5) is 17.6. The second kappa shape index (κ2) is 10.4. The first kappa shape index (κ1) is 21.5. The summed E-state index contributed by atoms with van der Waals surface area (Å²) in [6, 6.07) is 11.3. The first-order chi connectivity index (χ1) is 11.5. The van der Waals surface area contributed by atoms with E-state index in [2.05, 4.69) is 32.3 Å². The van der Waals surface area contributed by atoms with Crippen LogP contribution in [0, 0.1) is 0 Å². The highest BCUT2D eigenvalue weighted by Gasteiger charge is 2.10. The molecule has 0 aliphatic heterocycles. The highest BCUT2D eigenvalue weighted by Crippen LogP contribution is 2.17. The fraction of sp³-hybridized carbons (Fsp3) is 0.294. The number of guanidine groups is 1. The first-order valence-corrected chi connectivity index (χ1v) is 8.42. The van der Waals surface area contributed by atoms with E-state index in [1.165, 1.54) is 5.56 Å². The van der Waals surface area contributed by atoms with Crippen molar-refractivity contribution in [1.29, 1.82) is 0 Å². The third-order valence-corrected chi connectivity index (χ3v) is 4.12. The number of nitrogens with zero attached hydrogens (tertiary/aromatic N) is 2. The van der Waals surface area contributed by atoms with Crippen molar-refractivity contribution in [3.63, 3.8) is 0 Å². The highest BCUT2D eigenvalue weighted by atomic mass is 127. The lowest BCUT2D eigenvalue weighted by Crippen LogP contribution is -2.38. The van der Waals surface area contributed by atoms with E-state index in [-0.39, 0.29) is 29.7 Å². The van der Waals surface area contributed by atoms with Crippen molar-refractivity contribution < 1.29 is 9.21 Å². The van der Waals surface area contributed by atoms with E-state index >= 15 is 0 Å². The number of carbonyl (C=O) groups excluding carboxylic acids is 1. The molecule has 0 radical (unpaired) electrons.